The molecule has 0 amide bonds. The van der Waals surface area contributed by atoms with E-state index >= 15 is 0 Å². The molecule has 0 atom stereocenters. The predicted molar refractivity (Wildman–Crippen MR) is 52.4 cm³/mol. The quantitative estimate of drug-likeness (QED) is 0.299. The zero-order valence-corrected chi connectivity index (χ0v) is 9.26. The fraction of sp³-hybridized carbons (Fsp3) is 1.00. The van der Waals surface area contributed by atoms with E-state index in [0.29, 0.717) is 6.42 Å². The smallest absolute Gasteiger partial charge is 0.265 e. The van der Waals surface area contributed by atoms with Gasteiger partial charge in [0.1, 0.15) is 0 Å². The number of aliphatic hydroxyl groups excluding tert-OH is 2. The Morgan fingerprint density at radius 1 is 1.00 bits per heavy atom. The maximum Gasteiger partial charge on any atom is 0.265 e. The largest absolute Gasteiger partial charge is 0.368 e. The predicted octanol–water partition coefficient (Wildman–Crippen LogP) is -1.33. The van der Waals surface area contributed by atoms with Crippen molar-refractivity contribution in [3.63, 3.8) is 0 Å². The molecule has 0 radical (unpaired) electrons. The van der Waals surface area contributed by atoms with Crippen LogP contribution in [-0.4, -0.2) is 51.7 Å². The van der Waals surface area contributed by atoms with E-state index in [1.807, 2.05) is 6.92 Å². The maximum absolute atomic E-state index is 9.87. The van der Waals surface area contributed by atoms with Gasteiger partial charge in [0.15, 0.2) is 12.6 Å². The third kappa shape index (κ3) is 24.8. The Morgan fingerprint density at radius 3 is 1.47 bits per heavy atom. The summed E-state index contributed by atoms with van der Waals surface area (Å²) in [5.41, 5.74) is 0. The van der Waals surface area contributed by atoms with Crippen molar-refractivity contribution in [3.05, 3.63) is 0 Å². The molecule has 8 heteroatoms. The number of aliphatic hydroxyl groups is 4. The molecular weight excluding hydrogens is 228 g/mol. The first-order valence-electron chi connectivity index (χ1n) is 4.36. The van der Waals surface area contributed by atoms with Gasteiger partial charge < -0.3 is 20.4 Å². The summed E-state index contributed by atoms with van der Waals surface area (Å²) in [5.74, 6) is -0.620. The second kappa shape index (κ2) is 9.01. The van der Waals surface area contributed by atoms with Gasteiger partial charge in [0.25, 0.3) is 10.1 Å². The summed E-state index contributed by atoms with van der Waals surface area (Å²) in [5, 5.41) is 32.4. The van der Waals surface area contributed by atoms with E-state index in [0.717, 1.165) is 6.42 Å². The van der Waals surface area contributed by atoms with E-state index in [2.05, 4.69) is 0 Å². The standard InChI is InChI=1S/C4H10O2.C3H8O5S/c1-2-3-4(5)6;4-3(5)1-2-9(6,7)8/h4-6H,2-3H2,1H3;3-5H,1-2H2,(H,6,7,8). The molecule has 0 aliphatic rings. The van der Waals surface area contributed by atoms with Crippen LogP contribution in [0, 0.1) is 0 Å². The van der Waals surface area contributed by atoms with Gasteiger partial charge in [-0.2, -0.15) is 8.42 Å². The molecule has 0 spiro atoms. The summed E-state index contributed by atoms with van der Waals surface area (Å²) >= 11 is 0. The summed E-state index contributed by atoms with van der Waals surface area (Å²) in [6.45, 7) is 1.90. The van der Waals surface area contributed by atoms with Gasteiger partial charge in [-0.3, -0.25) is 4.55 Å². The summed E-state index contributed by atoms with van der Waals surface area (Å²) in [7, 11) is -4.04. The average molecular weight is 246 g/mol. The van der Waals surface area contributed by atoms with Gasteiger partial charge in [0, 0.05) is 6.42 Å². The lowest BCUT2D eigenvalue weighted by molar-refractivity contribution is -0.0454. The van der Waals surface area contributed by atoms with Crippen molar-refractivity contribution in [3.8, 4) is 0 Å². The van der Waals surface area contributed by atoms with E-state index in [1.165, 1.54) is 0 Å². The Balaban J connectivity index is 0. The maximum atomic E-state index is 9.87. The van der Waals surface area contributed by atoms with Crippen LogP contribution < -0.4 is 0 Å². The summed E-state index contributed by atoms with van der Waals surface area (Å²) in [6.07, 6.45) is -1.82. The van der Waals surface area contributed by atoms with Gasteiger partial charge in [-0.1, -0.05) is 13.3 Å². The minimum atomic E-state index is -4.04. The van der Waals surface area contributed by atoms with Crippen LogP contribution in [0.1, 0.15) is 26.2 Å². The van der Waals surface area contributed by atoms with Gasteiger partial charge in [-0.05, 0) is 6.42 Å². The molecule has 15 heavy (non-hydrogen) atoms. The Morgan fingerprint density at radius 2 is 1.40 bits per heavy atom. The minimum Gasteiger partial charge on any atom is -0.368 e. The van der Waals surface area contributed by atoms with Gasteiger partial charge in [-0.15, -0.1) is 0 Å². The lowest BCUT2D eigenvalue weighted by atomic mass is 10.3. The molecular formula is C7H18O7S. The molecule has 0 fully saturated rings. The van der Waals surface area contributed by atoms with Gasteiger partial charge in [0.05, 0.1) is 5.75 Å². The highest BCUT2D eigenvalue weighted by Gasteiger charge is 2.06. The van der Waals surface area contributed by atoms with E-state index in [1.54, 1.807) is 0 Å². The Kier molecular flexibility index (Phi) is 10.3. The Labute approximate surface area is 88.7 Å². The first-order chi connectivity index (χ1) is 6.69. The summed E-state index contributed by atoms with van der Waals surface area (Å²) in [4.78, 5) is 0. The molecule has 0 rings (SSSR count). The molecule has 0 saturated heterocycles. The van der Waals surface area contributed by atoms with E-state index < -0.39 is 28.5 Å². The first-order valence-corrected chi connectivity index (χ1v) is 5.97. The lowest BCUT2D eigenvalue weighted by Crippen LogP contribution is -2.12. The molecule has 0 bridgehead atoms. The SMILES string of the molecule is CCCC(O)O.O=S(=O)(O)CCC(O)O. The highest BCUT2D eigenvalue weighted by molar-refractivity contribution is 7.85. The van der Waals surface area contributed by atoms with Crippen molar-refractivity contribution < 1.29 is 33.4 Å². The molecule has 0 aromatic heterocycles. The Bertz CT molecular complexity index is 221. The monoisotopic (exact) mass is 246 g/mol. The third-order valence-corrected chi connectivity index (χ3v) is 1.93. The van der Waals surface area contributed by atoms with Crippen molar-refractivity contribution in [2.24, 2.45) is 0 Å². The fourth-order valence-electron chi connectivity index (χ4n) is 0.513. The van der Waals surface area contributed by atoms with Crippen LogP contribution in [0.4, 0.5) is 0 Å². The number of rotatable bonds is 5. The molecule has 0 aromatic rings. The zero-order chi connectivity index (χ0) is 12.5. The molecule has 7 nitrogen and oxygen atoms in total. The van der Waals surface area contributed by atoms with Crippen molar-refractivity contribution in [1.29, 1.82) is 0 Å². The van der Waals surface area contributed by atoms with Crippen LogP contribution in [-0.2, 0) is 10.1 Å². The summed E-state index contributed by atoms with van der Waals surface area (Å²) < 4.78 is 27.8. The highest BCUT2D eigenvalue weighted by atomic mass is 32.2. The van der Waals surface area contributed by atoms with Gasteiger partial charge in [-0.25, -0.2) is 0 Å². The molecule has 0 unspecified atom stereocenters. The van der Waals surface area contributed by atoms with Crippen LogP contribution in [0.5, 0.6) is 0 Å². The molecule has 0 aliphatic heterocycles. The lowest BCUT2D eigenvalue weighted by Gasteiger charge is -1.98. The van der Waals surface area contributed by atoms with E-state index in [-0.39, 0.29) is 6.42 Å². The fourth-order valence-corrected chi connectivity index (χ4v) is 1.02. The summed E-state index contributed by atoms with van der Waals surface area (Å²) in [6, 6.07) is 0. The molecule has 0 saturated carbocycles. The molecule has 0 aromatic carbocycles. The van der Waals surface area contributed by atoms with Crippen molar-refractivity contribution in [2.75, 3.05) is 5.75 Å². The van der Waals surface area contributed by atoms with E-state index in [4.69, 9.17) is 25.0 Å². The molecule has 5 N–H and O–H groups in total. The van der Waals surface area contributed by atoms with Crippen molar-refractivity contribution in [1.82, 2.24) is 0 Å². The van der Waals surface area contributed by atoms with Crippen molar-refractivity contribution >= 4 is 10.1 Å². The van der Waals surface area contributed by atoms with Crippen molar-refractivity contribution in [2.45, 2.75) is 38.8 Å². The first kappa shape index (κ1) is 17.2. The molecule has 0 aliphatic carbocycles. The normalized spacial score (nSPS) is 11.5. The zero-order valence-electron chi connectivity index (χ0n) is 8.44. The second-order valence-electron chi connectivity index (χ2n) is 2.82. The molecule has 94 valence electrons. The topological polar surface area (TPSA) is 135 Å². The second-order valence-corrected chi connectivity index (χ2v) is 4.40. The Hall–Kier alpha value is -0.250. The number of hydrogen-bond donors (Lipinski definition) is 5. The van der Waals surface area contributed by atoms with Crippen LogP contribution in [0.3, 0.4) is 0 Å². The van der Waals surface area contributed by atoms with Gasteiger partial charge >= 0.3 is 0 Å². The van der Waals surface area contributed by atoms with Crippen LogP contribution in [0.2, 0.25) is 0 Å². The van der Waals surface area contributed by atoms with Crippen LogP contribution >= 0.6 is 0 Å². The molecule has 0 heterocycles. The third-order valence-electron chi connectivity index (χ3n) is 1.18. The van der Waals surface area contributed by atoms with E-state index in [9.17, 15) is 8.42 Å². The number of hydrogen-bond acceptors (Lipinski definition) is 6. The highest BCUT2D eigenvalue weighted by Crippen LogP contribution is 1.90. The minimum absolute atomic E-state index is 0.362. The van der Waals surface area contributed by atoms with Crippen LogP contribution in [0.15, 0.2) is 0 Å². The van der Waals surface area contributed by atoms with Crippen LogP contribution in [0.25, 0.3) is 0 Å². The average Bonchev–Trinajstić information content (AvgIpc) is 2.00. The van der Waals surface area contributed by atoms with Gasteiger partial charge in [0.2, 0.25) is 0 Å².